The third-order valence-electron chi connectivity index (χ3n) is 2.36. The van der Waals surface area contributed by atoms with Gasteiger partial charge in [0.15, 0.2) is 0 Å². The Kier molecular flexibility index (Phi) is 6.06. The van der Waals surface area contributed by atoms with Gasteiger partial charge in [0.1, 0.15) is 5.75 Å². The molecule has 2 heteroatoms. The van der Waals surface area contributed by atoms with Crippen LogP contribution in [0.4, 0.5) is 0 Å². The first kappa shape index (κ1) is 14.0. The van der Waals surface area contributed by atoms with Crippen LogP contribution in [0, 0.1) is 11.8 Å². The highest BCUT2D eigenvalue weighted by Gasteiger charge is 1.99. The molecule has 0 aromatic heterocycles. The van der Waals surface area contributed by atoms with E-state index in [0.717, 1.165) is 25.4 Å². The lowest BCUT2D eigenvalue weighted by atomic mass is 10.2. The van der Waals surface area contributed by atoms with Gasteiger partial charge >= 0.3 is 0 Å². The molecule has 0 spiro atoms. The molecule has 0 heterocycles. The molecule has 96 valence electrons. The Bertz CT molecular complexity index is 320. The molecule has 0 saturated carbocycles. The van der Waals surface area contributed by atoms with Crippen molar-refractivity contribution in [3.8, 4) is 5.75 Å². The minimum atomic E-state index is 0.567. The largest absolute Gasteiger partial charge is 0.493 e. The molecule has 17 heavy (non-hydrogen) atoms. The Labute approximate surface area is 105 Å². The number of rotatable bonds is 7. The van der Waals surface area contributed by atoms with Gasteiger partial charge in [-0.1, -0.05) is 39.8 Å². The summed E-state index contributed by atoms with van der Waals surface area (Å²) in [5.41, 5.74) is 1.28. The summed E-state index contributed by atoms with van der Waals surface area (Å²) < 4.78 is 5.71. The van der Waals surface area contributed by atoms with E-state index in [-0.39, 0.29) is 0 Å². The monoisotopic (exact) mass is 235 g/mol. The van der Waals surface area contributed by atoms with E-state index in [0.29, 0.717) is 11.8 Å². The van der Waals surface area contributed by atoms with Crippen molar-refractivity contribution in [3.05, 3.63) is 29.8 Å². The SMILES string of the molecule is CC(C)CNCc1cccc(OCC(C)C)c1. The van der Waals surface area contributed by atoms with Gasteiger partial charge in [0.05, 0.1) is 6.61 Å². The van der Waals surface area contributed by atoms with Gasteiger partial charge in [-0.25, -0.2) is 0 Å². The van der Waals surface area contributed by atoms with Crippen LogP contribution in [-0.4, -0.2) is 13.2 Å². The van der Waals surface area contributed by atoms with Gasteiger partial charge in [0, 0.05) is 6.54 Å². The Morgan fingerprint density at radius 1 is 1.12 bits per heavy atom. The van der Waals surface area contributed by atoms with Gasteiger partial charge in [-0.2, -0.15) is 0 Å². The van der Waals surface area contributed by atoms with E-state index < -0.39 is 0 Å². The molecule has 1 aromatic rings. The maximum atomic E-state index is 5.71. The first-order valence-electron chi connectivity index (χ1n) is 6.50. The summed E-state index contributed by atoms with van der Waals surface area (Å²) >= 11 is 0. The van der Waals surface area contributed by atoms with E-state index in [2.05, 4.69) is 51.2 Å². The van der Waals surface area contributed by atoms with Gasteiger partial charge in [0.25, 0.3) is 0 Å². The van der Waals surface area contributed by atoms with Crippen molar-refractivity contribution >= 4 is 0 Å². The fourth-order valence-corrected chi connectivity index (χ4v) is 1.51. The van der Waals surface area contributed by atoms with Crippen LogP contribution < -0.4 is 10.1 Å². The van der Waals surface area contributed by atoms with E-state index in [1.54, 1.807) is 0 Å². The fraction of sp³-hybridized carbons (Fsp3) is 0.600. The van der Waals surface area contributed by atoms with Crippen LogP contribution in [0.15, 0.2) is 24.3 Å². The van der Waals surface area contributed by atoms with Gasteiger partial charge < -0.3 is 10.1 Å². The highest BCUT2D eigenvalue weighted by atomic mass is 16.5. The molecule has 0 saturated heterocycles. The summed E-state index contributed by atoms with van der Waals surface area (Å²) in [6, 6.07) is 8.33. The van der Waals surface area contributed by atoms with Crippen LogP contribution in [0.3, 0.4) is 0 Å². The molecule has 2 nitrogen and oxygen atoms in total. The minimum Gasteiger partial charge on any atom is -0.493 e. The first-order valence-corrected chi connectivity index (χ1v) is 6.50. The maximum Gasteiger partial charge on any atom is 0.119 e. The molecule has 0 radical (unpaired) electrons. The van der Waals surface area contributed by atoms with Crippen LogP contribution in [0.2, 0.25) is 0 Å². The summed E-state index contributed by atoms with van der Waals surface area (Å²) in [5.74, 6) is 2.23. The molecule has 1 N–H and O–H groups in total. The maximum absolute atomic E-state index is 5.71. The molecule has 1 rings (SSSR count). The number of hydrogen-bond donors (Lipinski definition) is 1. The third kappa shape index (κ3) is 6.32. The molecular formula is C15H25NO. The number of hydrogen-bond acceptors (Lipinski definition) is 2. The lowest BCUT2D eigenvalue weighted by Gasteiger charge is -2.11. The third-order valence-corrected chi connectivity index (χ3v) is 2.36. The van der Waals surface area contributed by atoms with Gasteiger partial charge in [0.2, 0.25) is 0 Å². The second kappa shape index (κ2) is 7.33. The summed E-state index contributed by atoms with van der Waals surface area (Å²) in [4.78, 5) is 0. The molecule has 0 aliphatic rings. The van der Waals surface area contributed by atoms with Crippen molar-refractivity contribution in [2.75, 3.05) is 13.2 Å². The van der Waals surface area contributed by atoms with Crippen LogP contribution in [-0.2, 0) is 6.54 Å². The second-order valence-electron chi connectivity index (χ2n) is 5.38. The zero-order valence-electron chi connectivity index (χ0n) is 11.5. The van der Waals surface area contributed by atoms with Crippen LogP contribution in [0.5, 0.6) is 5.75 Å². The predicted octanol–water partition coefficient (Wildman–Crippen LogP) is 3.47. The topological polar surface area (TPSA) is 21.3 Å². The first-order chi connectivity index (χ1) is 8.08. The highest BCUT2D eigenvalue weighted by molar-refractivity contribution is 5.28. The number of nitrogens with one attached hydrogen (secondary N) is 1. The molecule has 1 aromatic carbocycles. The smallest absolute Gasteiger partial charge is 0.119 e. The second-order valence-corrected chi connectivity index (χ2v) is 5.38. The zero-order valence-corrected chi connectivity index (χ0v) is 11.5. The zero-order chi connectivity index (χ0) is 12.7. The Hall–Kier alpha value is -1.02. The highest BCUT2D eigenvalue weighted by Crippen LogP contribution is 2.14. The van der Waals surface area contributed by atoms with Gasteiger partial charge in [-0.3, -0.25) is 0 Å². The van der Waals surface area contributed by atoms with Crippen LogP contribution in [0.25, 0.3) is 0 Å². The van der Waals surface area contributed by atoms with Gasteiger partial charge in [-0.15, -0.1) is 0 Å². The Balaban J connectivity index is 2.42. The average molecular weight is 235 g/mol. The Morgan fingerprint density at radius 2 is 1.88 bits per heavy atom. The molecule has 0 amide bonds. The van der Waals surface area contributed by atoms with Crippen molar-refractivity contribution in [2.45, 2.75) is 34.2 Å². The van der Waals surface area contributed by atoms with E-state index in [1.807, 2.05) is 6.07 Å². The van der Waals surface area contributed by atoms with E-state index in [9.17, 15) is 0 Å². The lowest BCUT2D eigenvalue weighted by Crippen LogP contribution is -2.18. The minimum absolute atomic E-state index is 0.567. The van der Waals surface area contributed by atoms with Crippen LogP contribution >= 0.6 is 0 Å². The van der Waals surface area contributed by atoms with Crippen molar-refractivity contribution in [1.82, 2.24) is 5.32 Å². The van der Waals surface area contributed by atoms with Crippen molar-refractivity contribution in [2.24, 2.45) is 11.8 Å². The van der Waals surface area contributed by atoms with E-state index >= 15 is 0 Å². The van der Waals surface area contributed by atoms with E-state index in [4.69, 9.17) is 4.74 Å². The lowest BCUT2D eigenvalue weighted by molar-refractivity contribution is 0.271. The molecular weight excluding hydrogens is 210 g/mol. The molecule has 0 unspecified atom stereocenters. The Morgan fingerprint density at radius 3 is 2.53 bits per heavy atom. The summed E-state index contributed by atoms with van der Waals surface area (Å²) in [7, 11) is 0. The van der Waals surface area contributed by atoms with E-state index in [1.165, 1.54) is 5.56 Å². The van der Waals surface area contributed by atoms with Crippen molar-refractivity contribution in [3.63, 3.8) is 0 Å². The predicted molar refractivity (Wildman–Crippen MR) is 73.3 cm³/mol. The summed E-state index contributed by atoms with van der Waals surface area (Å²) in [6.45, 7) is 11.5. The quantitative estimate of drug-likeness (QED) is 0.781. The molecule has 0 fully saturated rings. The fourth-order valence-electron chi connectivity index (χ4n) is 1.51. The number of ether oxygens (including phenoxy) is 1. The standard InChI is InChI=1S/C15H25NO/c1-12(2)9-16-10-14-6-5-7-15(8-14)17-11-13(3)4/h5-8,12-13,16H,9-11H2,1-4H3. The summed E-state index contributed by atoms with van der Waals surface area (Å²) in [6.07, 6.45) is 0. The summed E-state index contributed by atoms with van der Waals surface area (Å²) in [5, 5.41) is 3.44. The van der Waals surface area contributed by atoms with Crippen LogP contribution in [0.1, 0.15) is 33.3 Å². The van der Waals surface area contributed by atoms with Gasteiger partial charge in [-0.05, 0) is 36.1 Å². The van der Waals surface area contributed by atoms with Crippen molar-refractivity contribution < 1.29 is 4.74 Å². The molecule has 0 atom stereocenters. The average Bonchev–Trinajstić information content (AvgIpc) is 2.26. The van der Waals surface area contributed by atoms with Crippen molar-refractivity contribution in [1.29, 1.82) is 0 Å². The number of benzene rings is 1. The molecule has 0 aliphatic carbocycles. The molecule has 0 aliphatic heterocycles. The molecule has 0 bridgehead atoms. The normalized spacial score (nSPS) is 11.2.